The summed E-state index contributed by atoms with van der Waals surface area (Å²) in [6.07, 6.45) is 0.988. The maximum absolute atomic E-state index is 13.4. The fraction of sp³-hybridized carbons (Fsp3) is 0.488. The molecule has 2 aliphatic heterocycles. The molecule has 0 bridgehead atoms. The number of H-pyrrole nitrogens is 1. The van der Waals surface area contributed by atoms with Crippen molar-refractivity contribution in [2.45, 2.75) is 96.2 Å². The minimum Gasteiger partial charge on any atom is -0.459 e. The number of phosphoric ester groups is 1. The lowest BCUT2D eigenvalue weighted by atomic mass is 10.2. The van der Waals surface area contributed by atoms with Crippen molar-refractivity contribution in [1.29, 1.82) is 0 Å². The summed E-state index contributed by atoms with van der Waals surface area (Å²) in [4.78, 5) is 70.0. The first-order valence-electron chi connectivity index (χ1n) is 21.1. The molecule has 2 saturated heterocycles. The maximum atomic E-state index is 13.4. The fourth-order valence-corrected chi connectivity index (χ4v) is 7.84. The Labute approximate surface area is 368 Å². The second kappa shape index (κ2) is 23.7. The molecule has 0 spiro atoms. The third-order valence-corrected chi connectivity index (χ3v) is 11.7. The Kier molecular flexibility index (Phi) is 17.9. The van der Waals surface area contributed by atoms with Gasteiger partial charge in [0.15, 0.2) is 6.79 Å². The largest absolute Gasteiger partial charge is 0.476 e. The van der Waals surface area contributed by atoms with E-state index in [-0.39, 0.29) is 57.4 Å². The molecule has 1 amide bonds. The highest BCUT2D eigenvalue weighted by Crippen LogP contribution is 2.50. The summed E-state index contributed by atoms with van der Waals surface area (Å²) in [7, 11) is -3.97. The van der Waals surface area contributed by atoms with E-state index in [9.17, 15) is 28.5 Å². The van der Waals surface area contributed by atoms with E-state index in [2.05, 4.69) is 15.3 Å². The first-order chi connectivity index (χ1) is 31.0. The van der Waals surface area contributed by atoms with Gasteiger partial charge in [0.1, 0.15) is 43.9 Å². The highest BCUT2D eigenvalue weighted by molar-refractivity contribution is 7.48. The Morgan fingerprint density at radius 1 is 0.797 bits per heavy atom. The third-order valence-electron chi connectivity index (χ3n) is 10.3. The Morgan fingerprint density at radius 3 is 2.02 bits per heavy atom. The summed E-state index contributed by atoms with van der Waals surface area (Å²) in [5.41, 5.74) is -0.911. The van der Waals surface area contributed by atoms with Crippen LogP contribution in [0.3, 0.4) is 0 Å². The van der Waals surface area contributed by atoms with Crippen molar-refractivity contribution < 1.29 is 56.1 Å². The number of hydrogen-bond donors (Lipinski definition) is 2. The van der Waals surface area contributed by atoms with Gasteiger partial charge in [0, 0.05) is 36.4 Å². The highest BCUT2D eigenvalue weighted by atomic mass is 31.2. The number of amides is 1. The Morgan fingerprint density at radius 2 is 1.39 bits per heavy atom. The van der Waals surface area contributed by atoms with Crippen LogP contribution in [-0.4, -0.2) is 95.4 Å². The van der Waals surface area contributed by atoms with Gasteiger partial charge in [-0.05, 0) is 50.1 Å². The zero-order valence-electron chi connectivity index (χ0n) is 35.9. The molecule has 0 saturated carbocycles. The number of carbonyl (C=O) groups is 2. The van der Waals surface area contributed by atoms with Crippen LogP contribution in [0.25, 0.3) is 0 Å². The smallest absolute Gasteiger partial charge is 0.459 e. The summed E-state index contributed by atoms with van der Waals surface area (Å²) in [5.74, 6) is -0.980. The van der Waals surface area contributed by atoms with Gasteiger partial charge in [0.05, 0.1) is 37.6 Å². The summed E-state index contributed by atoms with van der Waals surface area (Å²) < 4.78 is 68.6. The minimum absolute atomic E-state index is 0.0445. The molecular weight excluding hydrogens is 857 g/mol. The van der Waals surface area contributed by atoms with E-state index in [1.54, 1.807) is 67.6 Å². The van der Waals surface area contributed by atoms with Crippen molar-refractivity contribution >= 4 is 25.5 Å². The number of nitrogens with zero attached hydrogens (tertiary/aromatic N) is 3. The van der Waals surface area contributed by atoms with Crippen LogP contribution >= 0.6 is 7.82 Å². The van der Waals surface area contributed by atoms with Gasteiger partial charge in [-0.25, -0.2) is 18.9 Å². The van der Waals surface area contributed by atoms with Gasteiger partial charge in [-0.15, -0.1) is 0 Å². The van der Waals surface area contributed by atoms with E-state index in [1.807, 2.05) is 13.8 Å². The van der Waals surface area contributed by atoms with E-state index in [0.717, 1.165) is 12.8 Å². The monoisotopic (exact) mass is 911 g/mol. The molecule has 4 aromatic rings. The van der Waals surface area contributed by atoms with E-state index in [4.69, 9.17) is 42.0 Å². The van der Waals surface area contributed by atoms with Crippen LogP contribution in [0.2, 0.25) is 0 Å². The average molecular weight is 912 g/mol. The van der Waals surface area contributed by atoms with Crippen LogP contribution in [0, 0.1) is 6.92 Å². The molecule has 2 aliphatic rings. The quantitative estimate of drug-likeness (QED) is 0.0395. The van der Waals surface area contributed by atoms with Gasteiger partial charge in [-0.3, -0.25) is 37.3 Å². The second-order valence-corrected chi connectivity index (χ2v) is 16.6. The molecule has 2 N–H and O–H groups in total. The number of aromatic nitrogens is 4. The van der Waals surface area contributed by atoms with E-state index < -0.39 is 80.3 Å². The zero-order valence-corrected chi connectivity index (χ0v) is 36.8. The van der Waals surface area contributed by atoms with Crippen molar-refractivity contribution in [2.75, 3.05) is 45.3 Å². The highest BCUT2D eigenvalue weighted by Gasteiger charge is 2.41. The number of carbonyl (C=O) groups excluding carboxylic acids is 2. The summed E-state index contributed by atoms with van der Waals surface area (Å²) >= 11 is 0. The molecule has 0 unspecified atom stereocenters. The summed E-state index contributed by atoms with van der Waals surface area (Å²) in [6, 6.07) is 18.3. The molecule has 346 valence electrons. The van der Waals surface area contributed by atoms with Gasteiger partial charge in [-0.2, -0.15) is 4.98 Å². The van der Waals surface area contributed by atoms with Crippen LogP contribution in [0.4, 0.5) is 5.82 Å². The van der Waals surface area contributed by atoms with E-state index >= 15 is 0 Å². The molecule has 2 fully saturated rings. The molecule has 0 aliphatic carbocycles. The van der Waals surface area contributed by atoms with Crippen LogP contribution in [0.1, 0.15) is 91.1 Å². The molecule has 64 heavy (non-hydrogen) atoms. The van der Waals surface area contributed by atoms with Crippen LogP contribution in [0.15, 0.2) is 93.5 Å². The summed E-state index contributed by atoms with van der Waals surface area (Å²) in [5, 5.41) is 2.62. The lowest BCUT2D eigenvalue weighted by molar-refractivity contribution is -0.151. The fourth-order valence-electron chi connectivity index (χ4n) is 6.72. The number of anilines is 1. The molecule has 21 heteroatoms. The minimum atomic E-state index is -3.97. The topological polar surface area (TPSA) is 236 Å². The second-order valence-electron chi connectivity index (χ2n) is 15.0. The van der Waals surface area contributed by atoms with Crippen molar-refractivity contribution in [1.82, 2.24) is 19.1 Å². The average Bonchev–Trinajstić information content (AvgIpc) is 3.89. The number of hydrogen-bond acceptors (Lipinski definition) is 16. The normalized spacial score (nSPS) is 20.9. The lowest BCUT2D eigenvalue weighted by Gasteiger charge is -2.22. The number of benzene rings is 2. The number of phosphoric acid groups is 1. The predicted molar refractivity (Wildman–Crippen MR) is 229 cm³/mol. The van der Waals surface area contributed by atoms with Crippen LogP contribution < -0.4 is 22.3 Å². The van der Waals surface area contributed by atoms with Crippen LogP contribution in [-0.2, 0) is 46.6 Å². The molecular formula is C43H54N5O15P. The van der Waals surface area contributed by atoms with Gasteiger partial charge < -0.3 is 33.7 Å². The molecule has 6 rings (SSSR count). The maximum Gasteiger partial charge on any atom is 0.476 e. The number of aryl methyl sites for hydroxylation is 1. The van der Waals surface area contributed by atoms with E-state index in [0.29, 0.717) is 24.0 Å². The Bertz CT molecular complexity index is 2350. The summed E-state index contributed by atoms with van der Waals surface area (Å²) in [6.45, 7) is 4.64. The third kappa shape index (κ3) is 13.4. The number of rotatable bonds is 24. The number of aromatic amines is 1. The molecule has 2 aromatic heterocycles. The zero-order chi connectivity index (χ0) is 45.5. The predicted octanol–water partition coefficient (Wildman–Crippen LogP) is 5.25. The lowest BCUT2D eigenvalue weighted by Crippen LogP contribution is -2.34. The first kappa shape index (κ1) is 48.3. The Balaban J connectivity index is 1.11. The molecule has 6 atom stereocenters. The van der Waals surface area contributed by atoms with Gasteiger partial charge >= 0.3 is 25.2 Å². The van der Waals surface area contributed by atoms with Crippen LogP contribution in [0.5, 0.6) is 0 Å². The molecule has 20 nitrogen and oxygen atoms in total. The molecule has 4 heterocycles. The van der Waals surface area contributed by atoms with Crippen molar-refractivity contribution in [3.63, 3.8) is 0 Å². The number of esters is 1. The van der Waals surface area contributed by atoms with Crippen molar-refractivity contribution in [3.05, 3.63) is 127 Å². The number of nitrogens with one attached hydrogen (secondary N) is 2. The standard InChI is InChI=1S/C43H54N5O15P/c1-4-6-20-59-64(54,60-21-7-5-2)61-28-58-32-23-38(48-24-29(3)39(49)46-43(48)53)62-34(32)25-55-27-57-33-22-37(63-35(33)26-56-41(51)31-16-12-9-13-17-31)47-19-18-36(45-42(47)52)44-40(50)30-14-10-8-11-15-30/h8-19,24,32-35,37-38H,4-7,20-23,25-28H2,1-3H3,(H,46,49,53)(H,44,45,50,52)/t32-,33-,34+,35+,37+,38+/m0/s1. The number of unbranched alkanes of at least 4 members (excludes halogenated alkanes) is 2. The van der Waals surface area contributed by atoms with Gasteiger partial charge in [0.2, 0.25) is 0 Å². The molecule has 2 aromatic carbocycles. The van der Waals surface area contributed by atoms with Crippen molar-refractivity contribution in [2.24, 2.45) is 0 Å². The SMILES string of the molecule is CCCCOP(=O)(OCCCC)OCO[C@H]1C[C@H](n2cc(C)c(=O)[nH]c2=O)O[C@@H]1COCO[C@H]1C[C@H](n2ccc(NC(=O)c3ccccc3)nc2=O)O[C@@H]1COC(=O)c1ccccc1. The van der Waals surface area contributed by atoms with E-state index in [1.165, 1.54) is 27.6 Å². The first-order valence-corrected chi connectivity index (χ1v) is 22.6. The van der Waals surface area contributed by atoms with Gasteiger partial charge in [0.25, 0.3) is 11.5 Å². The number of ether oxygens (including phenoxy) is 6. The van der Waals surface area contributed by atoms with Gasteiger partial charge in [-0.1, -0.05) is 63.1 Å². The van der Waals surface area contributed by atoms with Crippen molar-refractivity contribution in [3.8, 4) is 0 Å². The Hall–Kier alpha value is -5.15. The molecule has 0 radical (unpaired) electrons.